The zero-order chi connectivity index (χ0) is 13.1. The van der Waals surface area contributed by atoms with Crippen molar-refractivity contribution in [3.8, 4) is 5.75 Å². The number of nitrogens with zero attached hydrogens (tertiary/aromatic N) is 1. The molecule has 0 saturated heterocycles. The highest BCUT2D eigenvalue weighted by Gasteiger charge is 2.20. The maximum Gasteiger partial charge on any atom is 0.142 e. The summed E-state index contributed by atoms with van der Waals surface area (Å²) in [5.41, 5.74) is 2.09. The van der Waals surface area contributed by atoms with E-state index in [9.17, 15) is 0 Å². The van der Waals surface area contributed by atoms with E-state index in [0.717, 1.165) is 41.2 Å². The van der Waals surface area contributed by atoms with E-state index in [-0.39, 0.29) is 0 Å². The van der Waals surface area contributed by atoms with Crippen molar-refractivity contribution in [1.82, 2.24) is 5.32 Å². The van der Waals surface area contributed by atoms with Gasteiger partial charge in [-0.05, 0) is 37.5 Å². The summed E-state index contributed by atoms with van der Waals surface area (Å²) >= 11 is 6.18. The normalized spacial score (nSPS) is 14.7. The third-order valence-electron chi connectivity index (χ3n) is 3.33. The van der Waals surface area contributed by atoms with Gasteiger partial charge in [0.2, 0.25) is 0 Å². The van der Waals surface area contributed by atoms with Gasteiger partial charge < -0.3 is 15.0 Å². The van der Waals surface area contributed by atoms with Gasteiger partial charge in [-0.25, -0.2) is 0 Å². The summed E-state index contributed by atoms with van der Waals surface area (Å²) in [5.74, 6) is 0.880. The first-order chi connectivity index (χ1) is 8.61. The molecule has 1 aliphatic carbocycles. The maximum absolute atomic E-state index is 6.18. The summed E-state index contributed by atoms with van der Waals surface area (Å²) in [6.07, 6.45) is 2.65. The molecule has 1 fully saturated rings. The predicted molar refractivity (Wildman–Crippen MR) is 77.0 cm³/mol. The molecular formula is C14H21ClN2O. The van der Waals surface area contributed by atoms with Crippen LogP contribution in [0.3, 0.4) is 0 Å². The number of hydrogen-bond donors (Lipinski definition) is 1. The fourth-order valence-corrected chi connectivity index (χ4v) is 2.11. The molecule has 2 rings (SSSR count). The maximum atomic E-state index is 6.18. The number of ether oxygens (including phenoxy) is 1. The lowest BCUT2D eigenvalue weighted by Crippen LogP contribution is -2.30. The number of nitrogens with one attached hydrogen (secondary N) is 1. The minimum absolute atomic E-state index is 0.752. The molecule has 1 aliphatic rings. The Labute approximate surface area is 114 Å². The Morgan fingerprint density at radius 3 is 2.78 bits per heavy atom. The fraction of sp³-hybridized carbons (Fsp3) is 0.571. The van der Waals surface area contributed by atoms with Crippen LogP contribution in [0.25, 0.3) is 0 Å². The summed E-state index contributed by atoms with van der Waals surface area (Å²) in [5, 5.41) is 4.29. The van der Waals surface area contributed by atoms with Crippen molar-refractivity contribution in [3.05, 3.63) is 22.7 Å². The van der Waals surface area contributed by atoms with Crippen LogP contribution in [0.2, 0.25) is 5.02 Å². The van der Waals surface area contributed by atoms with Crippen molar-refractivity contribution >= 4 is 17.3 Å². The Morgan fingerprint density at radius 2 is 2.17 bits per heavy atom. The van der Waals surface area contributed by atoms with Crippen LogP contribution in [0, 0.1) is 6.92 Å². The van der Waals surface area contributed by atoms with Crippen molar-refractivity contribution < 1.29 is 4.74 Å². The molecule has 0 heterocycles. The Kier molecular flexibility index (Phi) is 4.36. The third kappa shape index (κ3) is 3.30. The average molecular weight is 269 g/mol. The molecule has 0 amide bonds. The van der Waals surface area contributed by atoms with Crippen LogP contribution in [0.1, 0.15) is 18.4 Å². The lowest BCUT2D eigenvalue weighted by molar-refractivity contribution is 0.414. The molecule has 4 heteroatoms. The van der Waals surface area contributed by atoms with E-state index < -0.39 is 0 Å². The molecule has 0 aromatic heterocycles. The third-order valence-corrected chi connectivity index (χ3v) is 3.74. The smallest absolute Gasteiger partial charge is 0.142 e. The molecule has 100 valence electrons. The van der Waals surface area contributed by atoms with Crippen LogP contribution >= 0.6 is 11.6 Å². The molecule has 1 saturated carbocycles. The van der Waals surface area contributed by atoms with Crippen LogP contribution < -0.4 is 15.0 Å². The quantitative estimate of drug-likeness (QED) is 0.859. The van der Waals surface area contributed by atoms with Crippen molar-refractivity contribution in [3.63, 3.8) is 0 Å². The SMILES string of the molecule is COc1cc(C)c(Cl)cc1N(C)CCNC1CC1. The van der Waals surface area contributed by atoms with Gasteiger partial charge in [0.05, 0.1) is 12.8 Å². The first-order valence-electron chi connectivity index (χ1n) is 6.40. The highest BCUT2D eigenvalue weighted by molar-refractivity contribution is 6.31. The van der Waals surface area contributed by atoms with Crippen LogP contribution in [-0.4, -0.2) is 33.3 Å². The summed E-state index contributed by atoms with van der Waals surface area (Å²) < 4.78 is 5.42. The van der Waals surface area contributed by atoms with E-state index in [2.05, 4.69) is 17.3 Å². The second-order valence-electron chi connectivity index (χ2n) is 4.92. The van der Waals surface area contributed by atoms with Gasteiger partial charge >= 0.3 is 0 Å². The van der Waals surface area contributed by atoms with Gasteiger partial charge in [-0.3, -0.25) is 0 Å². The zero-order valence-corrected chi connectivity index (χ0v) is 12.0. The monoisotopic (exact) mass is 268 g/mol. The van der Waals surface area contributed by atoms with Gasteiger partial charge in [0, 0.05) is 31.2 Å². The van der Waals surface area contributed by atoms with Crippen LogP contribution in [-0.2, 0) is 0 Å². The van der Waals surface area contributed by atoms with Crippen molar-refractivity contribution in [2.75, 3.05) is 32.1 Å². The first-order valence-corrected chi connectivity index (χ1v) is 6.78. The molecule has 0 spiro atoms. The summed E-state index contributed by atoms with van der Waals surface area (Å²) in [6.45, 7) is 3.94. The second-order valence-corrected chi connectivity index (χ2v) is 5.33. The number of anilines is 1. The predicted octanol–water partition coefficient (Wildman–Crippen LogP) is 2.85. The minimum Gasteiger partial charge on any atom is -0.495 e. The summed E-state index contributed by atoms with van der Waals surface area (Å²) in [7, 11) is 3.76. The van der Waals surface area contributed by atoms with Crippen molar-refractivity contribution in [1.29, 1.82) is 0 Å². The topological polar surface area (TPSA) is 24.5 Å². The molecule has 0 atom stereocenters. The molecule has 1 N–H and O–H groups in total. The van der Waals surface area contributed by atoms with Gasteiger partial charge in [-0.1, -0.05) is 11.6 Å². The molecule has 0 bridgehead atoms. The van der Waals surface area contributed by atoms with Crippen molar-refractivity contribution in [2.45, 2.75) is 25.8 Å². The number of likely N-dealkylation sites (N-methyl/N-ethyl adjacent to an activating group) is 1. The lowest BCUT2D eigenvalue weighted by atomic mass is 10.2. The number of rotatable bonds is 6. The Bertz CT molecular complexity index is 419. The highest BCUT2D eigenvalue weighted by Crippen LogP contribution is 2.33. The Hall–Kier alpha value is -0.930. The molecular weight excluding hydrogens is 248 g/mol. The van der Waals surface area contributed by atoms with E-state index >= 15 is 0 Å². The molecule has 3 nitrogen and oxygen atoms in total. The van der Waals surface area contributed by atoms with Gasteiger partial charge in [0.1, 0.15) is 5.75 Å². The molecule has 0 unspecified atom stereocenters. The summed E-state index contributed by atoms with van der Waals surface area (Å²) in [6, 6.07) is 4.72. The standard InChI is InChI=1S/C14H21ClN2O/c1-10-8-14(18-3)13(9-12(10)15)17(2)7-6-16-11-4-5-11/h8-9,11,16H,4-7H2,1-3H3. The van der Waals surface area contributed by atoms with E-state index in [0.29, 0.717) is 0 Å². The van der Waals surface area contributed by atoms with Crippen molar-refractivity contribution in [2.24, 2.45) is 0 Å². The second kappa shape index (κ2) is 5.81. The van der Waals surface area contributed by atoms with Crippen LogP contribution in [0.4, 0.5) is 5.69 Å². The molecule has 0 aliphatic heterocycles. The molecule has 18 heavy (non-hydrogen) atoms. The van der Waals surface area contributed by atoms with Crippen LogP contribution in [0.15, 0.2) is 12.1 Å². The van der Waals surface area contributed by atoms with Gasteiger partial charge in [0.25, 0.3) is 0 Å². The summed E-state index contributed by atoms with van der Waals surface area (Å²) in [4.78, 5) is 2.18. The Balaban J connectivity index is 2.02. The lowest BCUT2D eigenvalue weighted by Gasteiger charge is -2.22. The van der Waals surface area contributed by atoms with Gasteiger partial charge in [0.15, 0.2) is 0 Å². The number of hydrogen-bond acceptors (Lipinski definition) is 3. The number of halogens is 1. The van der Waals surface area contributed by atoms with E-state index in [1.165, 1.54) is 12.8 Å². The minimum atomic E-state index is 0.752. The van der Waals surface area contributed by atoms with E-state index in [1.807, 2.05) is 19.1 Å². The largest absolute Gasteiger partial charge is 0.495 e. The first kappa shape index (κ1) is 13.5. The van der Waals surface area contributed by atoms with Gasteiger partial charge in [-0.15, -0.1) is 0 Å². The molecule has 1 aromatic rings. The molecule has 0 radical (unpaired) electrons. The number of aryl methyl sites for hydroxylation is 1. The zero-order valence-electron chi connectivity index (χ0n) is 11.3. The van der Waals surface area contributed by atoms with Crippen LogP contribution in [0.5, 0.6) is 5.75 Å². The van der Waals surface area contributed by atoms with Gasteiger partial charge in [-0.2, -0.15) is 0 Å². The Morgan fingerprint density at radius 1 is 1.44 bits per heavy atom. The highest BCUT2D eigenvalue weighted by atomic mass is 35.5. The van der Waals surface area contributed by atoms with E-state index in [4.69, 9.17) is 16.3 Å². The molecule has 1 aromatic carbocycles. The average Bonchev–Trinajstić information content (AvgIpc) is 3.16. The number of benzene rings is 1. The number of methoxy groups -OCH3 is 1. The van der Waals surface area contributed by atoms with E-state index in [1.54, 1.807) is 7.11 Å². The fourth-order valence-electron chi connectivity index (χ4n) is 1.95.